The van der Waals surface area contributed by atoms with E-state index in [-0.39, 0.29) is 35.7 Å². The summed E-state index contributed by atoms with van der Waals surface area (Å²) in [6.45, 7) is 0.0635. The van der Waals surface area contributed by atoms with Gasteiger partial charge >= 0.3 is 6.18 Å². The van der Waals surface area contributed by atoms with Gasteiger partial charge in [-0.2, -0.15) is 13.2 Å². The van der Waals surface area contributed by atoms with Gasteiger partial charge in [-0.05, 0) is 48.4 Å². The number of alkyl halides is 3. The van der Waals surface area contributed by atoms with Crippen molar-refractivity contribution in [2.24, 2.45) is 0 Å². The van der Waals surface area contributed by atoms with Gasteiger partial charge in [0.15, 0.2) is 0 Å². The first-order valence-corrected chi connectivity index (χ1v) is 9.76. The summed E-state index contributed by atoms with van der Waals surface area (Å²) in [5.41, 5.74) is -0.422. The van der Waals surface area contributed by atoms with E-state index >= 15 is 0 Å². The number of amides is 2. The van der Waals surface area contributed by atoms with Crippen LogP contribution in [0.1, 0.15) is 32.0 Å². The largest absolute Gasteiger partial charge is 0.457 e. The van der Waals surface area contributed by atoms with Crippen LogP contribution >= 0.6 is 0 Å². The lowest BCUT2D eigenvalue weighted by molar-refractivity contribution is -0.137. The lowest BCUT2D eigenvalue weighted by Crippen LogP contribution is -2.26. The average Bonchev–Trinajstić information content (AvgIpc) is 2.78. The average molecular weight is 461 g/mol. The zero-order valence-electron chi connectivity index (χ0n) is 17.4. The van der Waals surface area contributed by atoms with E-state index < -0.39 is 29.4 Å². The number of pyridine rings is 1. The maximum absolute atomic E-state index is 14.0. The molecule has 0 radical (unpaired) electrons. The molecule has 2 amide bonds. The summed E-state index contributed by atoms with van der Waals surface area (Å²) in [4.78, 5) is 27.8. The summed E-state index contributed by atoms with van der Waals surface area (Å²) < 4.78 is 58.1. The Morgan fingerprint density at radius 3 is 2.52 bits per heavy atom. The second-order valence-corrected chi connectivity index (χ2v) is 6.94. The van der Waals surface area contributed by atoms with Gasteiger partial charge in [-0.1, -0.05) is 6.07 Å². The second kappa shape index (κ2) is 10.1. The highest BCUT2D eigenvalue weighted by molar-refractivity contribution is 5.94. The molecule has 2 aromatic carbocycles. The third-order valence-electron chi connectivity index (χ3n) is 4.51. The zero-order chi connectivity index (χ0) is 24.0. The van der Waals surface area contributed by atoms with Crippen molar-refractivity contribution in [2.75, 3.05) is 13.6 Å². The Kier molecular flexibility index (Phi) is 7.27. The fourth-order valence-electron chi connectivity index (χ4n) is 2.95. The summed E-state index contributed by atoms with van der Waals surface area (Å²) >= 11 is 0. The Morgan fingerprint density at radius 1 is 1.00 bits per heavy atom. The second-order valence-electron chi connectivity index (χ2n) is 6.94. The quantitative estimate of drug-likeness (QED) is 0.513. The highest BCUT2D eigenvalue weighted by Crippen LogP contribution is 2.29. The summed E-state index contributed by atoms with van der Waals surface area (Å²) in [6, 6.07) is 11.0. The van der Waals surface area contributed by atoms with Gasteiger partial charge in [-0.15, -0.1) is 0 Å². The topological polar surface area (TPSA) is 80.3 Å². The molecule has 0 spiro atoms. The molecular weight excluding hydrogens is 442 g/mol. The summed E-state index contributed by atoms with van der Waals surface area (Å²) in [5, 5.41) is 4.96. The predicted molar refractivity (Wildman–Crippen MR) is 112 cm³/mol. The number of ether oxygens (including phenoxy) is 1. The number of nitrogens with zero attached hydrogens (tertiary/aromatic N) is 1. The minimum Gasteiger partial charge on any atom is -0.457 e. The minimum absolute atomic E-state index is 0.0635. The van der Waals surface area contributed by atoms with Crippen molar-refractivity contribution in [1.82, 2.24) is 15.6 Å². The Bertz CT molecular complexity index is 1170. The van der Waals surface area contributed by atoms with Crippen LogP contribution in [-0.2, 0) is 12.6 Å². The lowest BCUT2D eigenvalue weighted by Gasteiger charge is -2.11. The van der Waals surface area contributed by atoms with Crippen LogP contribution in [0.3, 0.4) is 0 Å². The fraction of sp³-hybridized carbons (Fsp3) is 0.174. The summed E-state index contributed by atoms with van der Waals surface area (Å²) in [6.07, 6.45) is -2.97. The van der Waals surface area contributed by atoms with Crippen LogP contribution in [0.25, 0.3) is 0 Å². The minimum atomic E-state index is -4.55. The van der Waals surface area contributed by atoms with Gasteiger partial charge < -0.3 is 15.4 Å². The van der Waals surface area contributed by atoms with E-state index in [1.807, 2.05) is 0 Å². The van der Waals surface area contributed by atoms with Gasteiger partial charge in [0.2, 0.25) is 0 Å². The molecule has 10 heteroatoms. The molecule has 3 aromatic rings. The van der Waals surface area contributed by atoms with Gasteiger partial charge in [0.1, 0.15) is 23.0 Å². The smallest absolute Gasteiger partial charge is 0.416 e. The molecule has 2 N–H and O–H groups in total. The Labute approximate surface area is 186 Å². The molecule has 3 rings (SSSR count). The van der Waals surface area contributed by atoms with E-state index in [0.717, 1.165) is 24.3 Å². The number of carbonyl (C=O) groups is 2. The third kappa shape index (κ3) is 6.52. The molecule has 0 aliphatic carbocycles. The van der Waals surface area contributed by atoms with Gasteiger partial charge in [-0.25, -0.2) is 4.39 Å². The monoisotopic (exact) mass is 461 g/mol. The first-order valence-electron chi connectivity index (χ1n) is 9.76. The molecule has 33 heavy (non-hydrogen) atoms. The molecule has 0 aliphatic heterocycles. The van der Waals surface area contributed by atoms with Crippen molar-refractivity contribution in [1.29, 1.82) is 0 Å². The van der Waals surface area contributed by atoms with Gasteiger partial charge in [0.05, 0.1) is 5.56 Å². The normalized spacial score (nSPS) is 11.1. The Morgan fingerprint density at radius 2 is 1.79 bits per heavy atom. The van der Waals surface area contributed by atoms with E-state index in [1.54, 1.807) is 6.07 Å². The van der Waals surface area contributed by atoms with Crippen LogP contribution in [-0.4, -0.2) is 30.4 Å². The van der Waals surface area contributed by atoms with Crippen LogP contribution < -0.4 is 15.4 Å². The number of hydrogen-bond donors (Lipinski definition) is 2. The van der Waals surface area contributed by atoms with Crippen LogP contribution in [0.2, 0.25) is 0 Å². The highest BCUT2D eigenvalue weighted by atomic mass is 19.4. The maximum atomic E-state index is 14.0. The van der Waals surface area contributed by atoms with E-state index in [4.69, 9.17) is 4.74 Å². The van der Waals surface area contributed by atoms with E-state index in [0.29, 0.717) is 5.56 Å². The van der Waals surface area contributed by atoms with Crippen molar-refractivity contribution in [3.63, 3.8) is 0 Å². The maximum Gasteiger partial charge on any atom is 0.416 e. The van der Waals surface area contributed by atoms with E-state index in [1.165, 1.54) is 37.5 Å². The number of rotatable bonds is 7. The molecule has 6 nitrogen and oxygen atoms in total. The highest BCUT2D eigenvalue weighted by Gasteiger charge is 2.30. The number of carbonyl (C=O) groups excluding carboxylic acids is 2. The molecular formula is C23H19F4N3O3. The van der Waals surface area contributed by atoms with Crippen molar-refractivity contribution in [3.8, 4) is 11.5 Å². The van der Waals surface area contributed by atoms with Gasteiger partial charge in [0, 0.05) is 37.5 Å². The molecule has 1 heterocycles. The number of nitrogens with one attached hydrogen (secondary N) is 2. The first kappa shape index (κ1) is 23.7. The molecule has 0 aliphatic rings. The standard InChI is InChI=1S/C23H19F4N3O3/c1-28-22(32)20-13-18(6-8-29-20)33-19-10-14(9-17(24)12-19)5-7-30-21(31)15-3-2-4-16(11-15)23(25,26)27/h2-4,6,8-13H,5,7H2,1H3,(H,28,32)(H,30,31). The molecule has 0 atom stereocenters. The number of benzene rings is 2. The van der Waals surface area contributed by atoms with Crippen LogP contribution in [0.5, 0.6) is 11.5 Å². The number of halogens is 4. The van der Waals surface area contributed by atoms with Crippen LogP contribution in [0, 0.1) is 5.82 Å². The summed E-state index contributed by atoms with van der Waals surface area (Å²) in [7, 11) is 1.46. The summed E-state index contributed by atoms with van der Waals surface area (Å²) in [5.74, 6) is -1.21. The molecule has 0 unspecified atom stereocenters. The van der Waals surface area contributed by atoms with Crippen molar-refractivity contribution in [2.45, 2.75) is 12.6 Å². The zero-order valence-corrected chi connectivity index (χ0v) is 17.4. The predicted octanol–water partition coefficient (Wildman–Crippen LogP) is 4.36. The van der Waals surface area contributed by atoms with Gasteiger partial charge in [0.25, 0.3) is 11.8 Å². The van der Waals surface area contributed by atoms with E-state index in [2.05, 4.69) is 15.6 Å². The Hall–Kier alpha value is -3.95. The van der Waals surface area contributed by atoms with Crippen LogP contribution in [0.15, 0.2) is 60.8 Å². The molecule has 0 bridgehead atoms. The molecule has 0 saturated heterocycles. The van der Waals surface area contributed by atoms with E-state index in [9.17, 15) is 27.2 Å². The fourth-order valence-corrected chi connectivity index (χ4v) is 2.95. The van der Waals surface area contributed by atoms with Crippen molar-refractivity contribution in [3.05, 3.63) is 89.0 Å². The first-order chi connectivity index (χ1) is 15.7. The number of aromatic nitrogens is 1. The molecule has 1 aromatic heterocycles. The molecule has 0 saturated carbocycles. The molecule has 172 valence electrons. The third-order valence-corrected chi connectivity index (χ3v) is 4.51. The van der Waals surface area contributed by atoms with Crippen molar-refractivity contribution >= 4 is 11.8 Å². The van der Waals surface area contributed by atoms with Crippen molar-refractivity contribution < 1.29 is 31.9 Å². The Balaban J connectivity index is 1.64. The molecule has 0 fully saturated rings. The SMILES string of the molecule is CNC(=O)c1cc(Oc2cc(F)cc(CCNC(=O)c3cccc(C(F)(F)F)c3)c2)ccn1. The van der Waals surface area contributed by atoms with Gasteiger partial charge in [-0.3, -0.25) is 14.6 Å². The number of hydrogen-bond acceptors (Lipinski definition) is 4. The van der Waals surface area contributed by atoms with Crippen LogP contribution in [0.4, 0.5) is 17.6 Å². The lowest BCUT2D eigenvalue weighted by atomic mass is 10.1.